The summed E-state index contributed by atoms with van der Waals surface area (Å²) in [6.07, 6.45) is 1.74. The molecule has 0 saturated carbocycles. The van der Waals surface area contributed by atoms with Gasteiger partial charge in [-0.05, 0) is 63.1 Å². The molecule has 0 spiro atoms. The normalized spacial score (nSPS) is 19.2. The third-order valence-corrected chi connectivity index (χ3v) is 5.34. The van der Waals surface area contributed by atoms with Crippen molar-refractivity contribution in [2.24, 2.45) is 5.92 Å². The molecule has 0 aliphatic carbocycles. The predicted octanol–water partition coefficient (Wildman–Crippen LogP) is 4.82. The Morgan fingerprint density at radius 3 is 2.30 bits per heavy atom. The van der Waals surface area contributed by atoms with Gasteiger partial charge < -0.3 is 9.84 Å². The first-order valence-corrected chi connectivity index (χ1v) is 10.6. The Kier molecular flexibility index (Phi) is 6.93. The molecule has 0 bridgehead atoms. The predicted molar refractivity (Wildman–Crippen MR) is 117 cm³/mol. The van der Waals surface area contributed by atoms with Crippen LogP contribution in [0.15, 0.2) is 54.6 Å². The van der Waals surface area contributed by atoms with E-state index in [1.165, 1.54) is 4.90 Å². The molecule has 5 heteroatoms. The molecule has 2 atom stereocenters. The maximum atomic E-state index is 12.9. The van der Waals surface area contributed by atoms with Crippen molar-refractivity contribution in [2.45, 2.75) is 58.1 Å². The highest BCUT2D eigenvalue weighted by Gasteiger charge is 2.44. The number of carbonyl (C=O) groups is 2. The summed E-state index contributed by atoms with van der Waals surface area (Å²) in [6.45, 7) is 5.44. The summed E-state index contributed by atoms with van der Waals surface area (Å²) in [5.74, 6) is -0.443. The Bertz CT molecular complexity index is 855. The molecule has 160 valence electrons. The second-order valence-corrected chi connectivity index (χ2v) is 8.91. The van der Waals surface area contributed by atoms with Crippen molar-refractivity contribution in [3.63, 3.8) is 0 Å². The van der Waals surface area contributed by atoms with E-state index < -0.39 is 11.7 Å². The third kappa shape index (κ3) is 5.48. The van der Waals surface area contributed by atoms with E-state index in [0.717, 1.165) is 16.7 Å². The van der Waals surface area contributed by atoms with Crippen LogP contribution in [0.25, 0.3) is 11.1 Å². The van der Waals surface area contributed by atoms with Gasteiger partial charge in [-0.15, -0.1) is 0 Å². The highest BCUT2D eigenvalue weighted by Crippen LogP contribution is 2.32. The first-order chi connectivity index (χ1) is 14.3. The minimum absolute atomic E-state index is 0.0435. The van der Waals surface area contributed by atoms with Crippen LogP contribution in [0, 0.1) is 5.92 Å². The summed E-state index contributed by atoms with van der Waals surface area (Å²) in [7, 11) is 0. The first-order valence-electron chi connectivity index (χ1n) is 10.6. The summed E-state index contributed by atoms with van der Waals surface area (Å²) < 4.78 is 5.51. The average molecular weight is 410 g/mol. The van der Waals surface area contributed by atoms with E-state index >= 15 is 0 Å². The number of hydrogen-bond donors (Lipinski definition) is 1. The van der Waals surface area contributed by atoms with Crippen LogP contribution in [0.2, 0.25) is 0 Å². The lowest BCUT2D eigenvalue weighted by molar-refractivity contribution is -0.131. The lowest BCUT2D eigenvalue weighted by atomic mass is 9.95. The van der Waals surface area contributed by atoms with Crippen LogP contribution in [-0.2, 0) is 16.0 Å². The Morgan fingerprint density at radius 1 is 1.07 bits per heavy atom. The van der Waals surface area contributed by atoms with E-state index in [4.69, 9.17) is 9.84 Å². The summed E-state index contributed by atoms with van der Waals surface area (Å²) >= 11 is 0. The van der Waals surface area contributed by atoms with Crippen LogP contribution in [0.4, 0.5) is 4.79 Å². The Balaban J connectivity index is 1.77. The van der Waals surface area contributed by atoms with Crippen molar-refractivity contribution in [2.75, 3.05) is 6.61 Å². The van der Waals surface area contributed by atoms with Crippen LogP contribution in [0.5, 0.6) is 0 Å². The third-order valence-electron chi connectivity index (χ3n) is 5.34. The highest BCUT2D eigenvalue weighted by atomic mass is 16.6. The molecular formula is C25H31NO4. The maximum Gasteiger partial charge on any atom is 0.417 e. The van der Waals surface area contributed by atoms with Gasteiger partial charge in [0.25, 0.3) is 0 Å². The molecule has 2 unspecified atom stereocenters. The fourth-order valence-electron chi connectivity index (χ4n) is 3.95. The van der Waals surface area contributed by atoms with E-state index in [-0.39, 0.29) is 24.5 Å². The molecule has 0 radical (unpaired) electrons. The zero-order valence-electron chi connectivity index (χ0n) is 18.0. The molecule has 2 amide bonds. The number of ether oxygens (including phenoxy) is 1. The summed E-state index contributed by atoms with van der Waals surface area (Å²) in [5.41, 5.74) is 2.69. The fourth-order valence-corrected chi connectivity index (χ4v) is 3.95. The Hall–Kier alpha value is -2.66. The fraction of sp³-hybridized carbons (Fsp3) is 0.440. The number of benzene rings is 2. The number of rotatable bonds is 6. The molecule has 0 aromatic heterocycles. The molecule has 30 heavy (non-hydrogen) atoms. The average Bonchev–Trinajstić information content (AvgIpc) is 3.01. The van der Waals surface area contributed by atoms with Gasteiger partial charge in [-0.1, -0.05) is 54.6 Å². The van der Waals surface area contributed by atoms with Crippen molar-refractivity contribution < 1.29 is 19.4 Å². The van der Waals surface area contributed by atoms with Gasteiger partial charge in [0.2, 0.25) is 5.91 Å². The summed E-state index contributed by atoms with van der Waals surface area (Å²) in [4.78, 5) is 27.0. The Labute approximate surface area is 178 Å². The van der Waals surface area contributed by atoms with Gasteiger partial charge in [-0.25, -0.2) is 9.69 Å². The highest BCUT2D eigenvalue weighted by molar-refractivity contribution is 5.95. The van der Waals surface area contributed by atoms with Gasteiger partial charge in [0.15, 0.2) is 0 Å². The molecule has 5 nitrogen and oxygen atoms in total. The van der Waals surface area contributed by atoms with Crippen molar-refractivity contribution in [3.05, 3.63) is 60.2 Å². The smallest absolute Gasteiger partial charge is 0.417 e. The second-order valence-electron chi connectivity index (χ2n) is 8.91. The monoisotopic (exact) mass is 409 g/mol. The molecule has 1 fully saturated rings. The number of imide groups is 1. The summed E-state index contributed by atoms with van der Waals surface area (Å²) in [5, 5.41) is 9.15. The van der Waals surface area contributed by atoms with Gasteiger partial charge in [0.1, 0.15) is 5.60 Å². The number of nitrogens with zero attached hydrogens (tertiary/aromatic N) is 1. The van der Waals surface area contributed by atoms with Gasteiger partial charge in [0, 0.05) is 18.6 Å². The van der Waals surface area contributed by atoms with Crippen molar-refractivity contribution in [3.8, 4) is 11.1 Å². The standard InChI is InChI=1S/C25H31NO4/c1-25(2,3)30-24(29)26-22(17-21(23(26)28)10-7-15-27)16-18-11-13-20(14-12-18)19-8-5-4-6-9-19/h4-6,8-9,11-14,21-22,27H,7,10,15-17H2,1-3H3. The van der Waals surface area contributed by atoms with Gasteiger partial charge in [-0.3, -0.25) is 4.79 Å². The van der Waals surface area contributed by atoms with E-state index in [0.29, 0.717) is 25.7 Å². The minimum Gasteiger partial charge on any atom is -0.443 e. The number of carbonyl (C=O) groups excluding carboxylic acids is 2. The zero-order valence-corrected chi connectivity index (χ0v) is 18.0. The van der Waals surface area contributed by atoms with Crippen molar-refractivity contribution in [1.82, 2.24) is 4.90 Å². The van der Waals surface area contributed by atoms with Crippen LogP contribution in [-0.4, -0.2) is 40.3 Å². The molecule has 1 saturated heterocycles. The molecule has 2 aromatic rings. The topological polar surface area (TPSA) is 66.8 Å². The quantitative estimate of drug-likeness (QED) is 0.743. The molecule has 1 N–H and O–H groups in total. The molecule has 2 aromatic carbocycles. The lowest BCUT2D eigenvalue weighted by Gasteiger charge is -2.27. The van der Waals surface area contributed by atoms with E-state index in [1.54, 1.807) is 20.8 Å². The minimum atomic E-state index is -0.664. The summed E-state index contributed by atoms with van der Waals surface area (Å²) in [6, 6.07) is 18.2. The molecule has 1 heterocycles. The van der Waals surface area contributed by atoms with Crippen molar-refractivity contribution in [1.29, 1.82) is 0 Å². The van der Waals surface area contributed by atoms with Crippen molar-refractivity contribution >= 4 is 12.0 Å². The van der Waals surface area contributed by atoms with E-state index in [1.807, 2.05) is 18.2 Å². The van der Waals surface area contributed by atoms with Crippen LogP contribution in [0.3, 0.4) is 0 Å². The first kappa shape index (κ1) is 22.0. The number of aliphatic hydroxyl groups is 1. The molecule has 1 aliphatic heterocycles. The van der Waals surface area contributed by atoms with Crippen LogP contribution < -0.4 is 0 Å². The SMILES string of the molecule is CC(C)(C)OC(=O)N1C(=O)C(CCCO)CC1Cc1ccc(-c2ccccc2)cc1. The molecule has 3 rings (SSSR count). The van der Waals surface area contributed by atoms with Crippen LogP contribution >= 0.6 is 0 Å². The lowest BCUT2D eigenvalue weighted by Crippen LogP contribution is -2.43. The largest absolute Gasteiger partial charge is 0.443 e. The molecular weight excluding hydrogens is 378 g/mol. The number of likely N-dealkylation sites (tertiary alicyclic amines) is 1. The Morgan fingerprint density at radius 2 is 1.70 bits per heavy atom. The van der Waals surface area contributed by atoms with E-state index in [9.17, 15) is 9.59 Å². The zero-order chi connectivity index (χ0) is 21.7. The number of aliphatic hydroxyl groups excluding tert-OH is 1. The molecule has 1 aliphatic rings. The van der Waals surface area contributed by atoms with Gasteiger partial charge in [0.05, 0.1) is 0 Å². The maximum absolute atomic E-state index is 12.9. The van der Waals surface area contributed by atoms with Crippen LogP contribution in [0.1, 0.15) is 45.6 Å². The second kappa shape index (κ2) is 9.43. The van der Waals surface area contributed by atoms with Gasteiger partial charge in [-0.2, -0.15) is 0 Å². The number of amides is 2. The number of hydrogen-bond acceptors (Lipinski definition) is 4. The van der Waals surface area contributed by atoms with Gasteiger partial charge >= 0.3 is 6.09 Å². The van der Waals surface area contributed by atoms with E-state index in [2.05, 4.69) is 36.4 Å².